The lowest BCUT2D eigenvalue weighted by atomic mass is 9.87. The van der Waals surface area contributed by atoms with Crippen LogP contribution in [0.15, 0.2) is 78.6 Å². The van der Waals surface area contributed by atoms with Gasteiger partial charge in [0.05, 0.1) is 5.69 Å². The van der Waals surface area contributed by atoms with Crippen LogP contribution in [0.1, 0.15) is 53.7 Å². The Balaban J connectivity index is 1.71. The third kappa shape index (κ3) is 6.11. The maximum atomic E-state index is 12.9. The normalized spacial score (nSPS) is 13.7. The predicted octanol–water partition coefficient (Wildman–Crippen LogP) is 5.78. The Morgan fingerprint density at radius 2 is 1.50 bits per heavy atom. The summed E-state index contributed by atoms with van der Waals surface area (Å²) in [4.78, 5) is 34.4. The van der Waals surface area contributed by atoms with Crippen LogP contribution < -0.4 is 4.90 Å². The number of hydrogen-bond donors (Lipinski definition) is 1. The van der Waals surface area contributed by atoms with Gasteiger partial charge in [-0.25, -0.2) is 4.79 Å². The first-order valence-corrected chi connectivity index (χ1v) is 13.2. The van der Waals surface area contributed by atoms with Gasteiger partial charge in [-0.2, -0.15) is 0 Å². The number of carbonyl (C=O) groups is 2. The van der Waals surface area contributed by atoms with E-state index in [0.717, 1.165) is 49.2 Å². The number of carbonyl (C=O) groups excluding carboxylic acids is 1. The van der Waals surface area contributed by atoms with Crippen molar-refractivity contribution in [2.45, 2.75) is 33.2 Å². The maximum Gasteiger partial charge on any atom is 0.411 e. The van der Waals surface area contributed by atoms with E-state index in [-0.39, 0.29) is 5.91 Å². The number of aromatic nitrogens is 1. The SMILES string of the molecule is CCN(CC)C(=O)c1ccc(C(=C2CCN(Cc3ccncc3)CC2)c2ccccc2N(C)C(=O)O)cc1. The average Bonchev–Trinajstić information content (AvgIpc) is 2.95. The lowest BCUT2D eigenvalue weighted by molar-refractivity contribution is 0.0773. The van der Waals surface area contributed by atoms with Crippen molar-refractivity contribution in [2.75, 3.05) is 38.1 Å². The molecule has 3 aromatic rings. The van der Waals surface area contributed by atoms with Crippen molar-refractivity contribution in [3.05, 3.63) is 101 Å². The summed E-state index contributed by atoms with van der Waals surface area (Å²) in [5, 5.41) is 9.75. The summed E-state index contributed by atoms with van der Waals surface area (Å²) >= 11 is 0. The molecule has 0 spiro atoms. The van der Waals surface area contributed by atoms with Crippen molar-refractivity contribution in [1.82, 2.24) is 14.8 Å². The summed E-state index contributed by atoms with van der Waals surface area (Å²) in [5.41, 5.74) is 6.77. The third-order valence-corrected chi connectivity index (χ3v) is 7.26. The van der Waals surface area contributed by atoms with Crippen LogP contribution in [-0.4, -0.2) is 65.1 Å². The molecule has 198 valence electrons. The zero-order chi connectivity index (χ0) is 27.1. The summed E-state index contributed by atoms with van der Waals surface area (Å²) in [5.74, 6) is 0.0196. The van der Waals surface area contributed by atoms with Crippen molar-refractivity contribution in [1.29, 1.82) is 0 Å². The van der Waals surface area contributed by atoms with Crippen LogP contribution in [0.4, 0.5) is 10.5 Å². The van der Waals surface area contributed by atoms with Gasteiger partial charge in [-0.3, -0.25) is 19.6 Å². The van der Waals surface area contributed by atoms with E-state index in [0.29, 0.717) is 24.3 Å². The van der Waals surface area contributed by atoms with Crippen molar-refractivity contribution in [3.63, 3.8) is 0 Å². The molecule has 2 heterocycles. The van der Waals surface area contributed by atoms with Gasteiger partial charge >= 0.3 is 6.09 Å². The van der Waals surface area contributed by atoms with Crippen LogP contribution in [0.25, 0.3) is 5.57 Å². The summed E-state index contributed by atoms with van der Waals surface area (Å²) in [6.45, 7) is 8.00. The molecule has 7 heteroatoms. The number of rotatable bonds is 8. The molecule has 1 aromatic heterocycles. The molecular weight excluding hydrogens is 476 g/mol. The van der Waals surface area contributed by atoms with E-state index in [1.807, 2.05) is 79.7 Å². The van der Waals surface area contributed by atoms with Crippen LogP contribution in [0.3, 0.4) is 0 Å². The van der Waals surface area contributed by atoms with Gasteiger partial charge in [0.25, 0.3) is 5.91 Å². The molecule has 0 unspecified atom stereocenters. The molecule has 1 fully saturated rings. The Morgan fingerprint density at radius 1 is 0.895 bits per heavy atom. The van der Waals surface area contributed by atoms with Gasteiger partial charge in [-0.1, -0.05) is 35.9 Å². The second-order valence-electron chi connectivity index (χ2n) is 9.52. The van der Waals surface area contributed by atoms with Crippen molar-refractivity contribution < 1.29 is 14.7 Å². The van der Waals surface area contributed by atoms with E-state index >= 15 is 0 Å². The number of piperidine rings is 1. The van der Waals surface area contributed by atoms with Gasteiger partial charge < -0.3 is 10.0 Å². The molecule has 0 atom stereocenters. The van der Waals surface area contributed by atoms with Gasteiger partial charge in [0, 0.05) is 63.3 Å². The molecule has 1 saturated heterocycles. The zero-order valence-corrected chi connectivity index (χ0v) is 22.4. The molecule has 0 bridgehead atoms. The number of amides is 2. The highest BCUT2D eigenvalue weighted by Gasteiger charge is 2.23. The lowest BCUT2D eigenvalue weighted by Gasteiger charge is -2.31. The van der Waals surface area contributed by atoms with Gasteiger partial charge in [0.15, 0.2) is 0 Å². The van der Waals surface area contributed by atoms with Crippen molar-refractivity contribution >= 4 is 23.3 Å². The fraction of sp³-hybridized carbons (Fsp3) is 0.323. The molecule has 38 heavy (non-hydrogen) atoms. The van der Waals surface area contributed by atoms with Gasteiger partial charge in [-0.05, 0) is 73.7 Å². The quantitative estimate of drug-likeness (QED) is 0.414. The van der Waals surface area contributed by atoms with Crippen LogP contribution in [0.2, 0.25) is 0 Å². The van der Waals surface area contributed by atoms with Crippen LogP contribution >= 0.6 is 0 Å². The highest BCUT2D eigenvalue weighted by molar-refractivity contribution is 5.97. The minimum absolute atomic E-state index is 0.0196. The molecule has 1 aliphatic heterocycles. The molecule has 1 aliphatic rings. The number of likely N-dealkylation sites (tertiary alicyclic amines) is 1. The number of nitrogens with zero attached hydrogens (tertiary/aromatic N) is 4. The smallest absolute Gasteiger partial charge is 0.411 e. The second kappa shape index (κ2) is 12.5. The largest absolute Gasteiger partial charge is 0.465 e. The summed E-state index contributed by atoms with van der Waals surface area (Å²) in [6.07, 6.45) is 4.41. The number of anilines is 1. The fourth-order valence-corrected chi connectivity index (χ4v) is 5.08. The molecule has 4 rings (SSSR count). The van der Waals surface area contributed by atoms with Crippen LogP contribution in [0.5, 0.6) is 0 Å². The average molecular weight is 513 g/mol. The molecule has 0 saturated carbocycles. The van der Waals surface area contributed by atoms with E-state index in [9.17, 15) is 14.7 Å². The number of hydrogen-bond acceptors (Lipinski definition) is 4. The second-order valence-corrected chi connectivity index (χ2v) is 9.52. The van der Waals surface area contributed by atoms with E-state index in [4.69, 9.17) is 0 Å². The standard InChI is InChI=1S/C31H36N4O3/c1-4-35(5-2)30(36)26-12-10-24(11-13-26)29(27-8-6-7-9-28(27)33(3)31(37)38)25-16-20-34(21-17-25)22-23-14-18-32-19-15-23/h6-15,18-19H,4-5,16-17,20-22H2,1-3H3,(H,37,38). The Morgan fingerprint density at radius 3 is 2.11 bits per heavy atom. The Bertz CT molecular complexity index is 1270. The Hall–Kier alpha value is -3.97. The zero-order valence-electron chi connectivity index (χ0n) is 22.4. The van der Waals surface area contributed by atoms with Gasteiger partial charge in [-0.15, -0.1) is 0 Å². The van der Waals surface area contributed by atoms with E-state index in [2.05, 4.69) is 22.0 Å². The lowest BCUT2D eigenvalue weighted by Crippen LogP contribution is -2.31. The highest BCUT2D eigenvalue weighted by atomic mass is 16.4. The first-order valence-electron chi connectivity index (χ1n) is 13.2. The first-order chi connectivity index (χ1) is 18.4. The monoisotopic (exact) mass is 512 g/mol. The summed E-state index contributed by atoms with van der Waals surface area (Å²) in [7, 11) is 1.58. The molecule has 2 amide bonds. The van der Waals surface area contributed by atoms with E-state index in [1.54, 1.807) is 7.05 Å². The van der Waals surface area contributed by atoms with E-state index in [1.165, 1.54) is 16.0 Å². The number of pyridine rings is 1. The highest BCUT2D eigenvalue weighted by Crippen LogP contribution is 2.37. The van der Waals surface area contributed by atoms with Crippen molar-refractivity contribution in [2.24, 2.45) is 0 Å². The number of carboxylic acid groups (broad SMARTS) is 1. The molecule has 2 aromatic carbocycles. The Labute approximate surface area is 225 Å². The van der Waals surface area contributed by atoms with E-state index < -0.39 is 6.09 Å². The third-order valence-electron chi connectivity index (χ3n) is 7.26. The Kier molecular flexibility index (Phi) is 8.92. The fourth-order valence-electron chi connectivity index (χ4n) is 5.08. The molecule has 0 radical (unpaired) electrons. The topological polar surface area (TPSA) is 77.0 Å². The van der Waals surface area contributed by atoms with Gasteiger partial charge in [0.2, 0.25) is 0 Å². The number of benzene rings is 2. The van der Waals surface area contributed by atoms with Crippen molar-refractivity contribution in [3.8, 4) is 0 Å². The van der Waals surface area contributed by atoms with Crippen LogP contribution in [0, 0.1) is 0 Å². The minimum atomic E-state index is -1.01. The number of para-hydroxylation sites is 1. The van der Waals surface area contributed by atoms with Gasteiger partial charge in [0.1, 0.15) is 0 Å². The van der Waals surface area contributed by atoms with Crippen LogP contribution in [-0.2, 0) is 6.54 Å². The molecule has 0 aliphatic carbocycles. The molecule has 7 nitrogen and oxygen atoms in total. The molecule has 1 N–H and O–H groups in total. The maximum absolute atomic E-state index is 12.9. The summed E-state index contributed by atoms with van der Waals surface area (Å²) < 4.78 is 0. The molecular formula is C31H36N4O3. The first kappa shape index (κ1) is 27.1. The predicted molar refractivity (Wildman–Crippen MR) is 151 cm³/mol. The minimum Gasteiger partial charge on any atom is -0.465 e. The summed E-state index contributed by atoms with van der Waals surface area (Å²) in [6, 6.07) is 19.5.